The Bertz CT molecular complexity index is 607. The summed E-state index contributed by atoms with van der Waals surface area (Å²) >= 11 is 0. The molecule has 2 saturated heterocycles. The van der Waals surface area contributed by atoms with Crippen LogP contribution in [0, 0.1) is 5.92 Å². The lowest BCUT2D eigenvalue weighted by Gasteiger charge is -2.34. The van der Waals surface area contributed by atoms with E-state index in [9.17, 15) is 19.2 Å². The van der Waals surface area contributed by atoms with E-state index in [0.717, 1.165) is 12.8 Å². The predicted molar refractivity (Wildman–Crippen MR) is 100 cm³/mol. The molecule has 2 aliphatic heterocycles. The van der Waals surface area contributed by atoms with Crippen LogP contribution in [0.25, 0.3) is 0 Å². The highest BCUT2D eigenvalue weighted by molar-refractivity contribution is 5.88. The normalized spacial score (nSPS) is 21.2. The molecule has 0 aromatic rings. The average Bonchev–Trinajstić information content (AvgIpc) is 2.64. The highest BCUT2D eigenvalue weighted by Gasteiger charge is 2.33. The Morgan fingerprint density at radius 1 is 1.00 bits per heavy atom. The fourth-order valence-electron chi connectivity index (χ4n) is 3.48. The number of primary amides is 1. The third kappa shape index (κ3) is 6.10. The van der Waals surface area contributed by atoms with Gasteiger partial charge in [0.2, 0.25) is 5.91 Å². The van der Waals surface area contributed by atoms with Crippen molar-refractivity contribution in [3.63, 3.8) is 0 Å². The van der Waals surface area contributed by atoms with E-state index < -0.39 is 42.1 Å². The largest absolute Gasteiger partial charge is 0.455 e. The summed E-state index contributed by atoms with van der Waals surface area (Å²) in [6.07, 6.45) is 2.70. The van der Waals surface area contributed by atoms with Crippen LogP contribution in [0.15, 0.2) is 0 Å². The molecule has 0 aromatic heterocycles. The first kappa shape index (κ1) is 22.0. The molecule has 28 heavy (non-hydrogen) atoms. The summed E-state index contributed by atoms with van der Waals surface area (Å²) in [6, 6.07) is -0.628. The molecule has 0 spiro atoms. The zero-order valence-corrected chi connectivity index (χ0v) is 16.9. The second-order valence-corrected chi connectivity index (χ2v) is 8.35. The lowest BCUT2D eigenvalue weighted by molar-refractivity contribution is -0.158. The average molecular weight is 397 g/mol. The number of nitrogens with two attached hydrogens (primary N) is 1. The van der Waals surface area contributed by atoms with Gasteiger partial charge in [-0.3, -0.25) is 14.4 Å². The molecule has 3 amide bonds. The number of piperidine rings is 2. The molecular weight excluding hydrogens is 366 g/mol. The van der Waals surface area contributed by atoms with Crippen molar-refractivity contribution in [2.24, 2.45) is 11.7 Å². The summed E-state index contributed by atoms with van der Waals surface area (Å²) in [7, 11) is 0. The van der Waals surface area contributed by atoms with E-state index in [1.54, 1.807) is 25.7 Å². The van der Waals surface area contributed by atoms with Gasteiger partial charge in [-0.05, 0) is 52.9 Å². The van der Waals surface area contributed by atoms with Gasteiger partial charge in [0.25, 0.3) is 5.91 Å². The first-order valence-electron chi connectivity index (χ1n) is 9.82. The molecule has 0 unspecified atom stereocenters. The number of esters is 1. The maximum absolute atomic E-state index is 12.3. The number of carbonyl (C=O) groups excluding carboxylic acids is 4. The van der Waals surface area contributed by atoms with Crippen molar-refractivity contribution in [2.45, 2.75) is 64.5 Å². The minimum absolute atomic E-state index is 0.361. The van der Waals surface area contributed by atoms with E-state index in [1.165, 1.54) is 4.90 Å². The van der Waals surface area contributed by atoms with Crippen LogP contribution in [0.4, 0.5) is 4.79 Å². The first-order valence-corrected chi connectivity index (χ1v) is 9.82. The minimum Gasteiger partial charge on any atom is -0.455 e. The summed E-state index contributed by atoms with van der Waals surface area (Å²) in [4.78, 5) is 51.2. The lowest BCUT2D eigenvalue weighted by atomic mass is 9.97. The van der Waals surface area contributed by atoms with Crippen molar-refractivity contribution in [3.8, 4) is 0 Å². The fraction of sp³-hybridized carbons (Fsp3) is 0.789. The molecule has 9 heteroatoms. The van der Waals surface area contributed by atoms with Crippen molar-refractivity contribution in [2.75, 3.05) is 26.2 Å². The number of amides is 3. The number of likely N-dealkylation sites (tertiary alicyclic amines) is 2. The van der Waals surface area contributed by atoms with Crippen molar-refractivity contribution in [1.82, 2.24) is 9.80 Å². The molecule has 2 fully saturated rings. The Morgan fingerprint density at radius 3 is 2.21 bits per heavy atom. The van der Waals surface area contributed by atoms with Gasteiger partial charge < -0.3 is 25.0 Å². The SMILES string of the molecule is CC(C)(C)OC(=O)N1CCC(C(=O)OCC(=O)N2CCCC[C@H]2C(N)=O)CC1. The number of nitrogens with zero attached hydrogens (tertiary/aromatic N) is 2. The van der Waals surface area contributed by atoms with Gasteiger partial charge in [-0.15, -0.1) is 0 Å². The second-order valence-electron chi connectivity index (χ2n) is 8.35. The highest BCUT2D eigenvalue weighted by atomic mass is 16.6. The topological polar surface area (TPSA) is 119 Å². The van der Waals surface area contributed by atoms with E-state index in [4.69, 9.17) is 15.2 Å². The molecule has 0 saturated carbocycles. The Morgan fingerprint density at radius 2 is 1.64 bits per heavy atom. The highest BCUT2D eigenvalue weighted by Crippen LogP contribution is 2.21. The Labute approximate surface area is 165 Å². The maximum Gasteiger partial charge on any atom is 0.410 e. The van der Waals surface area contributed by atoms with Crippen molar-refractivity contribution in [1.29, 1.82) is 0 Å². The first-order chi connectivity index (χ1) is 13.1. The zero-order valence-electron chi connectivity index (χ0n) is 16.9. The molecule has 158 valence electrons. The van der Waals surface area contributed by atoms with Crippen molar-refractivity contribution < 1.29 is 28.7 Å². The summed E-state index contributed by atoms with van der Waals surface area (Å²) in [5, 5.41) is 0. The quantitative estimate of drug-likeness (QED) is 0.708. The summed E-state index contributed by atoms with van der Waals surface area (Å²) in [6.45, 7) is 6.26. The number of hydrogen-bond donors (Lipinski definition) is 1. The minimum atomic E-state index is -0.628. The lowest BCUT2D eigenvalue weighted by Crippen LogP contribution is -2.51. The Kier molecular flexibility index (Phi) is 7.26. The third-order valence-electron chi connectivity index (χ3n) is 4.97. The van der Waals surface area contributed by atoms with Crippen LogP contribution >= 0.6 is 0 Å². The van der Waals surface area contributed by atoms with E-state index in [0.29, 0.717) is 38.9 Å². The van der Waals surface area contributed by atoms with Gasteiger partial charge in [0, 0.05) is 19.6 Å². The molecule has 0 aliphatic carbocycles. The molecule has 0 bridgehead atoms. The standard InChI is InChI=1S/C19H31N3O6/c1-19(2,3)28-18(26)21-10-7-13(8-11-21)17(25)27-12-15(23)22-9-5-4-6-14(22)16(20)24/h13-14H,4-12H2,1-3H3,(H2,20,24)/t14-/m0/s1. The molecule has 9 nitrogen and oxygen atoms in total. The van der Waals surface area contributed by atoms with Crippen LogP contribution in [0.2, 0.25) is 0 Å². The number of rotatable bonds is 4. The number of ether oxygens (including phenoxy) is 2. The smallest absolute Gasteiger partial charge is 0.410 e. The van der Waals surface area contributed by atoms with E-state index in [2.05, 4.69) is 0 Å². The Balaban J connectivity index is 1.77. The fourth-order valence-corrected chi connectivity index (χ4v) is 3.48. The summed E-state index contributed by atoms with van der Waals surface area (Å²) in [5.41, 5.74) is 4.80. The molecule has 0 radical (unpaired) electrons. The Hall–Kier alpha value is -2.32. The van der Waals surface area contributed by atoms with Crippen LogP contribution in [0.5, 0.6) is 0 Å². The molecule has 2 rings (SSSR count). The predicted octanol–water partition coefficient (Wildman–Crippen LogP) is 1.04. The third-order valence-corrected chi connectivity index (χ3v) is 4.97. The molecule has 1 atom stereocenters. The van der Waals surface area contributed by atoms with Gasteiger partial charge >= 0.3 is 12.1 Å². The number of hydrogen-bond acceptors (Lipinski definition) is 6. The summed E-state index contributed by atoms with van der Waals surface area (Å²) in [5.74, 6) is -1.75. The van der Waals surface area contributed by atoms with Gasteiger partial charge in [-0.25, -0.2) is 4.79 Å². The molecular formula is C19H31N3O6. The second kappa shape index (κ2) is 9.25. The van der Waals surface area contributed by atoms with Crippen LogP contribution in [0.1, 0.15) is 52.9 Å². The van der Waals surface area contributed by atoms with E-state index in [1.807, 2.05) is 0 Å². The molecule has 0 aromatic carbocycles. The van der Waals surface area contributed by atoms with Gasteiger partial charge in [0.15, 0.2) is 6.61 Å². The maximum atomic E-state index is 12.3. The van der Waals surface area contributed by atoms with Crippen LogP contribution in [-0.2, 0) is 23.9 Å². The van der Waals surface area contributed by atoms with Gasteiger partial charge in [0.05, 0.1) is 5.92 Å². The summed E-state index contributed by atoms with van der Waals surface area (Å²) < 4.78 is 10.5. The van der Waals surface area contributed by atoms with E-state index >= 15 is 0 Å². The monoisotopic (exact) mass is 397 g/mol. The van der Waals surface area contributed by atoms with Crippen molar-refractivity contribution in [3.05, 3.63) is 0 Å². The molecule has 2 N–H and O–H groups in total. The van der Waals surface area contributed by atoms with Crippen LogP contribution < -0.4 is 5.73 Å². The van der Waals surface area contributed by atoms with Gasteiger partial charge in [-0.2, -0.15) is 0 Å². The van der Waals surface area contributed by atoms with E-state index in [-0.39, 0.29) is 5.92 Å². The van der Waals surface area contributed by atoms with Crippen LogP contribution in [-0.4, -0.2) is 71.6 Å². The van der Waals surface area contributed by atoms with Crippen molar-refractivity contribution >= 4 is 23.9 Å². The van der Waals surface area contributed by atoms with Gasteiger partial charge in [0.1, 0.15) is 11.6 Å². The van der Waals surface area contributed by atoms with Gasteiger partial charge in [-0.1, -0.05) is 0 Å². The molecule has 2 aliphatic rings. The molecule has 2 heterocycles. The zero-order chi connectivity index (χ0) is 20.9. The number of carbonyl (C=O) groups is 4. The van der Waals surface area contributed by atoms with Crippen LogP contribution in [0.3, 0.4) is 0 Å².